The molecule has 0 aliphatic heterocycles. The molecule has 3 aliphatic carbocycles. The van der Waals surface area contributed by atoms with Gasteiger partial charge in [-0.3, -0.25) is 28.8 Å². The number of hydrogen-bond donors (Lipinski definition) is 8. The predicted molar refractivity (Wildman–Crippen MR) is 343 cm³/mol. The lowest BCUT2D eigenvalue weighted by Gasteiger charge is -2.11. The van der Waals surface area contributed by atoms with Gasteiger partial charge in [0.15, 0.2) is 17.3 Å². The highest BCUT2D eigenvalue weighted by Crippen LogP contribution is 2.30. The maximum absolute atomic E-state index is 13.3. The molecule has 460 valence electrons. The number of aromatic nitrogens is 6. The van der Waals surface area contributed by atoms with Gasteiger partial charge in [-0.15, -0.1) is 0 Å². The van der Waals surface area contributed by atoms with E-state index in [9.17, 15) is 39.0 Å². The second kappa shape index (κ2) is 26.4. The fourth-order valence-corrected chi connectivity index (χ4v) is 9.83. The van der Waals surface area contributed by atoms with Crippen molar-refractivity contribution >= 4 is 52.5 Å². The molecule has 0 radical (unpaired) electrons. The van der Waals surface area contributed by atoms with Gasteiger partial charge in [-0.1, -0.05) is 84.9 Å². The van der Waals surface area contributed by atoms with Crippen LogP contribution >= 0.6 is 0 Å². The highest BCUT2D eigenvalue weighted by molar-refractivity contribution is 6.13. The van der Waals surface area contributed by atoms with Crippen LogP contribution in [0.3, 0.4) is 0 Å². The number of nitrogens with zero attached hydrogens (tertiary/aromatic N) is 6. The Hall–Kier alpha value is -11.6. The van der Waals surface area contributed by atoms with Gasteiger partial charge in [0.25, 0.3) is 17.7 Å². The molecule has 10 aromatic rings. The van der Waals surface area contributed by atoms with Crippen LogP contribution in [0.4, 0.5) is 17.5 Å². The molecule has 0 unspecified atom stereocenters. The zero-order chi connectivity index (χ0) is 64.0. The van der Waals surface area contributed by atoms with Crippen molar-refractivity contribution in [3.63, 3.8) is 0 Å². The molecule has 21 nitrogen and oxygen atoms in total. The van der Waals surface area contributed by atoms with Crippen molar-refractivity contribution in [1.82, 2.24) is 45.3 Å². The van der Waals surface area contributed by atoms with Gasteiger partial charge in [0.1, 0.15) is 41.3 Å². The Morgan fingerprint density at radius 1 is 0.429 bits per heavy atom. The van der Waals surface area contributed by atoms with Crippen molar-refractivity contribution in [2.45, 2.75) is 84.0 Å². The van der Waals surface area contributed by atoms with Gasteiger partial charge in [-0.2, -0.15) is 15.3 Å². The number of benzene rings is 7. The number of amides is 3. The van der Waals surface area contributed by atoms with Crippen LogP contribution in [0.5, 0.6) is 17.2 Å². The van der Waals surface area contributed by atoms with Crippen molar-refractivity contribution in [3.05, 3.63) is 249 Å². The zero-order valence-electron chi connectivity index (χ0n) is 50.1. The van der Waals surface area contributed by atoms with Crippen LogP contribution in [-0.2, 0) is 6.61 Å². The molecule has 13 rings (SSSR count). The molecule has 0 spiro atoms. The van der Waals surface area contributed by atoms with Gasteiger partial charge in [0.2, 0.25) is 0 Å². The quantitative estimate of drug-likeness (QED) is 0.0371. The first-order valence-corrected chi connectivity index (χ1v) is 29.6. The lowest BCUT2D eigenvalue weighted by Crippen LogP contribution is -2.25. The number of anilines is 3. The minimum Gasteiger partial charge on any atom is -0.508 e. The smallest absolute Gasteiger partial charge is 0.251 e. The van der Waals surface area contributed by atoms with E-state index in [1.807, 2.05) is 75.4 Å². The molecule has 0 saturated heterocycles. The van der Waals surface area contributed by atoms with E-state index < -0.39 is 0 Å². The molecule has 11 N–H and O–H groups in total. The molecule has 3 aromatic heterocycles. The Labute approximate surface area is 523 Å². The Morgan fingerprint density at radius 2 is 0.769 bits per heavy atom. The number of ketones is 3. The topological polar surface area (TPSA) is 320 Å². The van der Waals surface area contributed by atoms with E-state index in [-0.39, 0.29) is 98.8 Å². The van der Waals surface area contributed by atoms with Crippen LogP contribution in [0, 0.1) is 20.8 Å². The molecule has 3 heterocycles. The van der Waals surface area contributed by atoms with Crippen LogP contribution in [0.2, 0.25) is 0 Å². The van der Waals surface area contributed by atoms with Gasteiger partial charge in [0, 0.05) is 51.5 Å². The van der Waals surface area contributed by atoms with E-state index >= 15 is 0 Å². The van der Waals surface area contributed by atoms with E-state index in [2.05, 4.69) is 31.2 Å². The predicted octanol–water partition coefficient (Wildman–Crippen LogP) is 9.65. The van der Waals surface area contributed by atoms with Gasteiger partial charge < -0.3 is 48.1 Å². The van der Waals surface area contributed by atoms with Crippen LogP contribution in [0.1, 0.15) is 140 Å². The largest absolute Gasteiger partial charge is 0.508 e. The minimum atomic E-state index is -0.333. The number of carbonyl (C=O) groups excluding carboxylic acids is 6. The summed E-state index contributed by atoms with van der Waals surface area (Å²) in [5, 5.41) is 41.0. The number of nitrogens with two attached hydrogens (primary N) is 3. The number of phenolic OH excluding ortho intramolecular Hbond substituents is 2. The number of aromatic hydroxyl groups is 2. The Balaban J connectivity index is 0.000000141. The summed E-state index contributed by atoms with van der Waals surface area (Å²) in [6, 6.07) is 45.8. The summed E-state index contributed by atoms with van der Waals surface area (Å²) in [5.74, 6) is -0.140. The van der Waals surface area contributed by atoms with E-state index in [4.69, 9.17) is 21.9 Å². The first-order valence-electron chi connectivity index (χ1n) is 29.6. The van der Waals surface area contributed by atoms with Crippen molar-refractivity contribution in [2.24, 2.45) is 0 Å². The number of carbonyl (C=O) groups is 6. The maximum Gasteiger partial charge on any atom is 0.251 e. The zero-order valence-corrected chi connectivity index (χ0v) is 50.1. The molecular formula is C70H66N12O9. The van der Waals surface area contributed by atoms with Crippen molar-refractivity contribution in [1.29, 1.82) is 0 Å². The van der Waals surface area contributed by atoms with Crippen molar-refractivity contribution in [2.75, 3.05) is 17.2 Å². The summed E-state index contributed by atoms with van der Waals surface area (Å²) in [5.41, 5.74) is 27.8. The SMILES string of the molecule is Cc1ccc(C(=O)NC2CC2)cc1-n1ncc(C(=O)c2cccc(O)c2)c1N.Cc1ccc(C(=O)NC2CC2)cc1-n1ncc(C(=O)c2cccc(O)c2)c1N.Cc1ccc(C(=O)NC2CC2)cc1-n1ncc(C(=O)c2cccc(OCc3ccccc3)c2)c1N. The van der Waals surface area contributed by atoms with Gasteiger partial charge in [-0.25, -0.2) is 14.0 Å². The van der Waals surface area contributed by atoms with Crippen LogP contribution in [0.15, 0.2) is 176 Å². The Kier molecular flexibility index (Phi) is 17.7. The van der Waals surface area contributed by atoms with E-state index in [1.54, 1.807) is 78.9 Å². The number of nitrogens with one attached hydrogen (secondary N) is 3. The molecule has 3 fully saturated rings. The summed E-state index contributed by atoms with van der Waals surface area (Å²) in [7, 11) is 0. The molecule has 0 bridgehead atoms. The van der Waals surface area contributed by atoms with Gasteiger partial charge in [0.05, 0.1) is 52.3 Å². The lowest BCUT2D eigenvalue weighted by atomic mass is 10.1. The van der Waals surface area contributed by atoms with Crippen LogP contribution < -0.4 is 37.9 Å². The highest BCUT2D eigenvalue weighted by atomic mass is 16.5. The number of aryl methyl sites for hydroxylation is 3. The van der Waals surface area contributed by atoms with Crippen molar-refractivity contribution < 1.29 is 43.7 Å². The van der Waals surface area contributed by atoms with Gasteiger partial charge in [-0.05, 0) is 154 Å². The normalized spacial score (nSPS) is 13.1. The molecule has 3 saturated carbocycles. The highest BCUT2D eigenvalue weighted by Gasteiger charge is 2.28. The van der Waals surface area contributed by atoms with E-state index in [1.165, 1.54) is 56.9 Å². The number of nitrogen functional groups attached to an aromatic ring is 3. The average Bonchev–Trinajstić information content (AvgIpc) is 1.89. The van der Waals surface area contributed by atoms with Crippen molar-refractivity contribution in [3.8, 4) is 34.3 Å². The summed E-state index contributed by atoms with van der Waals surface area (Å²) >= 11 is 0. The Morgan fingerprint density at radius 3 is 1.11 bits per heavy atom. The standard InChI is InChI=1S/C28H26N4O3.2C21H20N4O3/c1-18-10-11-21(28(34)31-22-12-13-22)15-25(18)32-27(29)24(16-30-32)26(33)20-8-5-9-23(14-20)35-17-19-6-3-2-4-7-19;2*1-12-5-6-14(21(28)24-15-7-8-15)10-18(12)25-20(22)17(11-23-25)19(27)13-3-2-4-16(26)9-13/h2-11,14-16,22H,12-13,17,29H2,1H3,(H,31,34);2*2-6,9-11,15,26H,7-8,22H2,1H3,(H,24,28). The molecular weight excluding hydrogens is 1150 g/mol. The molecule has 21 heteroatoms. The summed E-state index contributed by atoms with van der Waals surface area (Å²) in [6.45, 7) is 6.09. The fourth-order valence-electron chi connectivity index (χ4n) is 9.83. The number of rotatable bonds is 18. The molecule has 0 atom stereocenters. The van der Waals surface area contributed by atoms with Crippen LogP contribution in [0.25, 0.3) is 17.1 Å². The molecule has 3 aliphatic rings. The fraction of sp³-hybridized carbons (Fsp3) is 0.186. The summed E-state index contributed by atoms with van der Waals surface area (Å²) in [6.07, 6.45) is 10.3. The monoisotopic (exact) mass is 1220 g/mol. The Bertz CT molecular complexity index is 4270. The number of hydrogen-bond acceptors (Lipinski definition) is 15. The average molecular weight is 1220 g/mol. The van der Waals surface area contributed by atoms with E-state index in [0.717, 1.165) is 60.8 Å². The summed E-state index contributed by atoms with van der Waals surface area (Å²) in [4.78, 5) is 76.0. The molecule has 91 heavy (non-hydrogen) atoms. The molecule has 3 amide bonds. The second-order valence-electron chi connectivity index (χ2n) is 22.7. The lowest BCUT2D eigenvalue weighted by molar-refractivity contribution is 0.0942. The minimum absolute atomic E-state index is 0.00188. The number of ether oxygens (including phenoxy) is 1. The molecule has 7 aromatic carbocycles. The maximum atomic E-state index is 13.3. The summed E-state index contributed by atoms with van der Waals surface area (Å²) < 4.78 is 10.3. The number of phenols is 2. The third-order valence-electron chi connectivity index (χ3n) is 15.6. The third kappa shape index (κ3) is 14.4. The van der Waals surface area contributed by atoms with Crippen LogP contribution in [-0.4, -0.2) is 92.8 Å². The van der Waals surface area contributed by atoms with Gasteiger partial charge >= 0.3 is 0 Å². The first-order chi connectivity index (χ1) is 43.9. The van der Waals surface area contributed by atoms with E-state index in [0.29, 0.717) is 62.8 Å². The third-order valence-corrected chi connectivity index (χ3v) is 15.6. The first kappa shape index (κ1) is 61.1. The second-order valence-corrected chi connectivity index (χ2v) is 22.7.